The Bertz CT molecular complexity index is 2370. The summed E-state index contributed by atoms with van der Waals surface area (Å²) in [7, 11) is 9.82. The summed E-state index contributed by atoms with van der Waals surface area (Å²) in [5.41, 5.74) is 16.6. The van der Waals surface area contributed by atoms with Gasteiger partial charge in [-0.2, -0.15) is 36.5 Å². The van der Waals surface area contributed by atoms with Gasteiger partial charge in [0, 0.05) is 93.4 Å². The standard InChI is InChI=1S/C14H31BN3O4P2S.C14H30BN2O4P2S.C13H28BN2O4P2S.C12H26BN2O4P2S/c1-19-9-10-11(22-24(2,3)4)12(13(15-23)20-10)21-14(25)18-8-7-17-6-5-16;1-6-16-7-8-17-14(24)20-12-11(21-23(3,4)5)10(9-18-2)19-13(12)15-22;1-8(15)6-16-13(23)19-11-10(20-22(3,4)5)9(7-17-2)18-12(11)14-21;1-16-7-8-9(19-21(2,3)4)10(11(13-20)17-8)18-12(22)15-6-5-14/h10-13,17H,2,5-9,16,23H2,1,3-4H3,(H,18,25);10-13,16H,3,6-9,22H2,1-2,4-5H3,(H,17,24);8-12H,3,6-7,15,21H2,1-2,4-5H3,(H,16,23);8-11H,2,5-7,14,20H2,1,3-4H3,(H,15,22)/t2*10-,11+,12?,13-;8?,9-,10+,11?,12-;8-,9+,10?,11-/m1111/s1. The van der Waals surface area contributed by atoms with Crippen LogP contribution in [0.4, 0.5) is 0 Å². The van der Waals surface area contributed by atoms with Crippen molar-refractivity contribution < 1.29 is 74.9 Å². The molecule has 25 nitrogen and oxygen atoms in total. The second-order valence-electron chi connectivity index (χ2n) is 24.0. The summed E-state index contributed by atoms with van der Waals surface area (Å²) in [6.45, 7) is 36.0. The van der Waals surface area contributed by atoms with Crippen LogP contribution in [-0.2, 0) is 74.9 Å². The molecule has 0 aromatic heterocycles. The van der Waals surface area contributed by atoms with Crippen LogP contribution >= 0.6 is 114 Å². The second-order valence-corrected chi connectivity index (χ2v) is 40.5. The molecule has 4 saturated heterocycles. The van der Waals surface area contributed by atoms with Crippen molar-refractivity contribution in [1.29, 1.82) is 0 Å². The monoisotopic (exact) mass is 1550 g/mol. The predicted molar refractivity (Wildman–Crippen MR) is 432 cm³/mol. The van der Waals surface area contributed by atoms with Gasteiger partial charge >= 0.3 is 0 Å². The number of methoxy groups -OCH3 is 4. The number of hydrogen-bond acceptors (Lipinski definition) is 25. The van der Waals surface area contributed by atoms with E-state index in [9.17, 15) is 0 Å². The van der Waals surface area contributed by atoms with E-state index < -0.39 is 28.5 Å². The first-order valence-electron chi connectivity index (χ1n) is 30.7. The van der Waals surface area contributed by atoms with Gasteiger partial charge in [0.1, 0.15) is 73.2 Å². The summed E-state index contributed by atoms with van der Waals surface area (Å²) in [5.74, 6) is 0. The van der Waals surface area contributed by atoms with Crippen molar-refractivity contribution in [2.75, 3.05) is 174 Å². The summed E-state index contributed by atoms with van der Waals surface area (Å²) >= 11 is 21.1. The Balaban J connectivity index is 0.000000627. The lowest BCUT2D eigenvalue weighted by Gasteiger charge is -2.29. The number of ether oxygens (including phenoxy) is 12. The number of nitrogens with one attached hydrogen (secondary N) is 6. The van der Waals surface area contributed by atoms with Gasteiger partial charge in [-0.3, -0.25) is 0 Å². The Morgan fingerprint density at radius 1 is 0.436 bits per heavy atom. The quantitative estimate of drug-likeness (QED) is 0.0181. The minimum absolute atomic E-state index is 0.0153. The second kappa shape index (κ2) is 49.8. The van der Waals surface area contributed by atoms with E-state index >= 15 is 0 Å². The highest BCUT2D eigenvalue weighted by Crippen LogP contribution is 2.46. The topological polar surface area (TPSA) is 298 Å². The molecule has 9 unspecified atom stereocenters. The number of thiocarbonyl (C=S) groups is 4. The molecule has 0 aromatic carbocycles. The summed E-state index contributed by atoms with van der Waals surface area (Å²) in [6, 6.07) is -1.01. The molecule has 21 atom stereocenters. The van der Waals surface area contributed by atoms with E-state index in [1.165, 1.54) is 0 Å². The molecule has 41 heteroatoms. The van der Waals surface area contributed by atoms with E-state index in [2.05, 4.69) is 100 Å². The Morgan fingerprint density at radius 2 is 0.691 bits per heavy atom. The van der Waals surface area contributed by atoms with Crippen molar-refractivity contribution in [3.05, 3.63) is 0 Å². The van der Waals surface area contributed by atoms with Gasteiger partial charge in [-0.25, -0.2) is 0 Å². The number of rotatable bonds is 37. The molecule has 4 aliphatic rings. The predicted octanol–water partition coefficient (Wildman–Crippen LogP) is 0.948. The molecule has 4 fully saturated rings. The van der Waals surface area contributed by atoms with E-state index in [4.69, 9.17) is 141 Å². The minimum atomic E-state index is -1.75. The van der Waals surface area contributed by atoms with Gasteiger partial charge in [-0.15, -0.1) is 0 Å². The van der Waals surface area contributed by atoms with Crippen LogP contribution < -0.4 is 49.1 Å². The van der Waals surface area contributed by atoms with Crippen LogP contribution in [-0.4, -0.2) is 351 Å². The highest BCUT2D eigenvalue weighted by molar-refractivity contribution is 7.80. The van der Waals surface area contributed by atoms with E-state index in [-0.39, 0.29) is 103 Å². The smallest absolute Gasteiger partial charge is 0.257 e. The largest absolute Gasteiger partial charge is 0.463 e. The minimum Gasteiger partial charge on any atom is -0.463 e. The van der Waals surface area contributed by atoms with Gasteiger partial charge in [-0.05, 0) is 144 Å². The van der Waals surface area contributed by atoms with Crippen LogP contribution in [0.2, 0.25) is 0 Å². The van der Waals surface area contributed by atoms with Crippen LogP contribution in [0, 0.1) is 0 Å². The SMILES string of the molecule is C=P(C)(C)O[C@@H]1C(OC(=S)NCC(C)N)[C@H]([B]P)O[C@@H]1COC.C=P(C)(C)O[C@@H]1C(OC(=S)NCCN)[C@H]([B]P)O[C@@H]1COC.C=P(C)(C)O[C@@H]1C(OC(=S)NCCNCC)[C@H]([B]P)O[C@@H]1COC.C=P(C)(C)O[C@@H]1C(OC(=S)NCCNCCN)[C@H]([B]P)O[C@@H]1COC. The molecule has 0 saturated carbocycles. The van der Waals surface area contributed by atoms with Crippen molar-refractivity contribution in [3.63, 3.8) is 0 Å². The molecule has 4 aliphatic heterocycles. The van der Waals surface area contributed by atoms with E-state index in [0.717, 1.165) is 26.2 Å². The maximum absolute atomic E-state index is 6.19. The molecule has 94 heavy (non-hydrogen) atoms. The average molecular weight is 1550 g/mol. The Labute approximate surface area is 598 Å². The van der Waals surface area contributed by atoms with Gasteiger partial charge in [0.25, 0.3) is 20.7 Å². The van der Waals surface area contributed by atoms with Gasteiger partial charge < -0.3 is 124 Å². The number of hydrogen-bond donors (Lipinski definition) is 9. The van der Waals surface area contributed by atoms with Gasteiger partial charge in [0.15, 0.2) is 28.0 Å². The third-order valence-corrected chi connectivity index (χ3v) is 18.5. The molecule has 0 amide bonds. The third-order valence-electron chi connectivity index (χ3n) is 12.8. The number of likely N-dealkylation sites (N-methyl/N-ethyl adjacent to an activating group) is 1. The zero-order valence-corrected chi connectivity index (χ0v) is 69.3. The van der Waals surface area contributed by atoms with Crippen LogP contribution in [0.1, 0.15) is 13.8 Å². The Kier molecular flexibility index (Phi) is 49.4. The molecule has 12 N–H and O–H groups in total. The Hall–Kier alpha value is 1.26. The van der Waals surface area contributed by atoms with Gasteiger partial charge in [-0.1, -0.05) is 32.1 Å². The normalized spacial score (nSPS) is 27.7. The van der Waals surface area contributed by atoms with Gasteiger partial charge in [0.2, 0.25) is 0 Å². The lowest BCUT2D eigenvalue weighted by molar-refractivity contribution is -0.00886. The molecule has 0 bridgehead atoms. The first-order chi connectivity index (χ1) is 44.1. The van der Waals surface area contributed by atoms with E-state index in [1.54, 1.807) is 28.4 Å². The van der Waals surface area contributed by atoms with E-state index in [1.807, 2.05) is 88.2 Å². The zero-order chi connectivity index (χ0) is 71.4. The van der Waals surface area contributed by atoms with Crippen LogP contribution in [0.15, 0.2) is 0 Å². The molecular formula is C53H115B4N9O16P8S4. The number of nitrogens with two attached hydrogens (primary N) is 3. The molecule has 4 radical (unpaired) electrons. The lowest BCUT2D eigenvalue weighted by Crippen LogP contribution is -2.44. The van der Waals surface area contributed by atoms with E-state index in [0.29, 0.717) is 86.4 Å². The molecule has 0 spiro atoms. The first-order valence-corrected chi connectivity index (χ1v) is 46.2. The highest BCUT2D eigenvalue weighted by atomic mass is 32.1. The first kappa shape index (κ1) is 93.3. The molecule has 0 aliphatic carbocycles. The molecule has 4 rings (SSSR count). The lowest BCUT2D eigenvalue weighted by atomic mass is 9.91. The molecule has 544 valence electrons. The summed E-state index contributed by atoms with van der Waals surface area (Å²) in [5, 5.41) is 19.8. The van der Waals surface area contributed by atoms with Crippen molar-refractivity contribution in [3.8, 4) is 0 Å². The fourth-order valence-electron chi connectivity index (χ4n) is 9.19. The zero-order valence-electron chi connectivity index (χ0n) is 57.8. The van der Waals surface area contributed by atoms with Crippen molar-refractivity contribution in [1.82, 2.24) is 31.9 Å². The molecule has 4 heterocycles. The van der Waals surface area contributed by atoms with Crippen LogP contribution in [0.25, 0.3) is 0 Å². The van der Waals surface area contributed by atoms with Crippen LogP contribution in [0.3, 0.4) is 0 Å². The van der Waals surface area contributed by atoms with Crippen LogP contribution in [0.5, 0.6) is 0 Å². The van der Waals surface area contributed by atoms with Crippen molar-refractivity contribution in [2.24, 2.45) is 17.2 Å². The maximum atomic E-state index is 6.19. The Morgan fingerprint density at radius 3 is 0.915 bits per heavy atom. The van der Waals surface area contributed by atoms with Crippen molar-refractivity contribution in [2.45, 2.75) is 117 Å². The fraction of sp³-hybridized carbons (Fsp3) is 0.849. The average Bonchev–Trinajstić information content (AvgIpc) is 1.69. The summed E-state index contributed by atoms with van der Waals surface area (Å²) < 4.78 is 93.3. The molecular weight excluding hydrogens is 1440 g/mol. The summed E-state index contributed by atoms with van der Waals surface area (Å²) in [6.07, 6.45) is 13.0. The maximum Gasteiger partial charge on any atom is 0.257 e. The van der Waals surface area contributed by atoms with Gasteiger partial charge in [0.05, 0.1) is 50.4 Å². The molecule has 0 aromatic rings. The third kappa shape index (κ3) is 38.7. The van der Waals surface area contributed by atoms with Crippen molar-refractivity contribution >= 4 is 188 Å². The summed E-state index contributed by atoms with van der Waals surface area (Å²) in [4.78, 5) is 0. The highest BCUT2D eigenvalue weighted by Gasteiger charge is 2.51. The fourth-order valence-corrected chi connectivity index (χ4v) is 14.9.